The Kier molecular flexibility index (Phi) is 14.6. The van der Waals surface area contributed by atoms with Gasteiger partial charge in [0.2, 0.25) is 0 Å². The smallest absolute Gasteiger partial charge is 0.354 e. The number of allylic oxidation sites excluding steroid dienone is 6. The molecule has 2 unspecified atom stereocenters. The molecule has 4 aliphatic rings. The Morgan fingerprint density at radius 2 is 0.939 bits per heavy atom. The van der Waals surface area contributed by atoms with E-state index in [2.05, 4.69) is 29.6 Å². The van der Waals surface area contributed by atoms with Gasteiger partial charge in [0.1, 0.15) is 17.4 Å². The van der Waals surface area contributed by atoms with Gasteiger partial charge in [0, 0.05) is 100 Å². The largest absolute Gasteiger partial charge is 0.417 e. The third kappa shape index (κ3) is 11.0. The van der Waals surface area contributed by atoms with E-state index in [1.54, 1.807) is 48.8 Å². The number of aromatic nitrogens is 2. The summed E-state index contributed by atoms with van der Waals surface area (Å²) in [6, 6.07) is 16.7. The second-order valence-corrected chi connectivity index (χ2v) is 21.9. The Morgan fingerprint density at radius 3 is 1.30 bits per heavy atom. The van der Waals surface area contributed by atoms with Gasteiger partial charge in [0.25, 0.3) is 0 Å². The van der Waals surface area contributed by atoms with Crippen molar-refractivity contribution in [2.75, 3.05) is 75.2 Å². The molecule has 66 heavy (non-hydrogen) atoms. The average Bonchev–Trinajstić information content (AvgIpc) is 4.02. The summed E-state index contributed by atoms with van der Waals surface area (Å²) in [5.74, 6) is 1.97. The van der Waals surface area contributed by atoms with E-state index >= 15 is 0 Å². The molecule has 2 atom stereocenters. The molecule has 2 fully saturated rings. The number of nitrogens with zero attached hydrogens (tertiary/aromatic N) is 6. The summed E-state index contributed by atoms with van der Waals surface area (Å²) in [6.45, 7) is 15.1. The first-order valence-corrected chi connectivity index (χ1v) is 25.5. The molecule has 8 rings (SSSR count). The number of piperazine rings is 2. The van der Waals surface area contributed by atoms with E-state index in [9.17, 15) is 31.1 Å². The fourth-order valence-corrected chi connectivity index (χ4v) is 13.8. The lowest BCUT2D eigenvalue weighted by atomic mass is 10.0. The lowest BCUT2D eigenvalue weighted by Crippen LogP contribution is -2.47. The Hall–Kier alpha value is -4.83. The molecule has 0 bridgehead atoms. The van der Waals surface area contributed by atoms with Crippen LogP contribution in [0.25, 0.3) is 22.3 Å². The standard InChI is InChI=1S/C51H58F6N6OS2/c1-35(2)44-7-5-29-65(44)46-11-9-37(31-42(46)50(52,53)54)39-13-17-58-48(33-39)62-25-21-60(22-26-62)19-15-41(64)16-20-61-23-27-63(28-24-61)49-34-40(14-18-59-49)38-10-12-47(43(32-38)51(55,56)57)66-30-6-8-45(66)36(3)4/h5-14,17-18,29-36,65-66H,15-16,19-28H2,1-4H3. The Bertz CT molecular complexity index is 2350. The lowest BCUT2D eigenvalue weighted by Gasteiger charge is -2.36. The number of hydrogen-bond acceptors (Lipinski definition) is 7. The molecule has 4 aromatic rings. The van der Waals surface area contributed by atoms with Gasteiger partial charge in [-0.25, -0.2) is 9.97 Å². The summed E-state index contributed by atoms with van der Waals surface area (Å²) >= 11 is 0. The van der Waals surface area contributed by atoms with Gasteiger partial charge >= 0.3 is 12.4 Å². The number of carbonyl (C=O) groups excluding carboxylic acids is 1. The van der Waals surface area contributed by atoms with Crippen molar-refractivity contribution in [2.45, 2.75) is 62.7 Å². The summed E-state index contributed by atoms with van der Waals surface area (Å²) in [5.41, 5.74) is 1.21. The Morgan fingerprint density at radius 1 is 0.561 bits per heavy atom. The van der Waals surface area contributed by atoms with Crippen molar-refractivity contribution in [2.24, 2.45) is 11.8 Å². The topological polar surface area (TPSA) is 55.8 Å². The van der Waals surface area contributed by atoms with Crippen LogP contribution in [0.3, 0.4) is 0 Å². The maximum absolute atomic E-state index is 14.5. The molecule has 0 amide bonds. The minimum Gasteiger partial charge on any atom is -0.354 e. The molecule has 0 aliphatic carbocycles. The molecule has 0 spiro atoms. The number of anilines is 2. The molecule has 4 aliphatic heterocycles. The van der Waals surface area contributed by atoms with Crippen LogP contribution in [0.5, 0.6) is 0 Å². The monoisotopic (exact) mass is 948 g/mol. The molecule has 15 heteroatoms. The number of thiol groups is 2. The summed E-state index contributed by atoms with van der Waals surface area (Å²) in [7, 11) is -2.36. The zero-order chi connectivity index (χ0) is 46.8. The normalized spacial score (nSPS) is 20.7. The average molecular weight is 949 g/mol. The van der Waals surface area contributed by atoms with Crippen LogP contribution in [-0.2, 0) is 17.1 Å². The number of benzene rings is 2. The second kappa shape index (κ2) is 20.2. The maximum Gasteiger partial charge on any atom is 0.417 e. The van der Waals surface area contributed by atoms with Crippen LogP contribution in [0.4, 0.5) is 38.0 Å². The van der Waals surface area contributed by atoms with Gasteiger partial charge in [-0.2, -0.15) is 48.1 Å². The van der Waals surface area contributed by atoms with Gasteiger partial charge in [-0.1, -0.05) is 64.1 Å². The number of halogens is 6. The van der Waals surface area contributed by atoms with Crippen LogP contribution in [0.1, 0.15) is 51.7 Å². The summed E-state index contributed by atoms with van der Waals surface area (Å²) < 4.78 is 86.8. The number of pyridine rings is 2. The predicted octanol–water partition coefficient (Wildman–Crippen LogP) is 12.0. The quantitative estimate of drug-likeness (QED) is 0.0965. The van der Waals surface area contributed by atoms with E-state index in [-0.39, 0.29) is 17.6 Å². The molecular weight excluding hydrogens is 891 g/mol. The van der Waals surface area contributed by atoms with Crippen LogP contribution in [-0.4, -0.2) is 91.0 Å². The molecule has 6 heterocycles. The molecule has 2 aromatic heterocycles. The number of hydrogen-bond donors (Lipinski definition) is 2. The highest BCUT2D eigenvalue weighted by molar-refractivity contribution is 8.23. The van der Waals surface area contributed by atoms with Gasteiger partial charge in [-0.15, -0.1) is 0 Å². The van der Waals surface area contributed by atoms with Crippen molar-refractivity contribution < 1.29 is 31.1 Å². The third-order valence-corrected chi connectivity index (χ3v) is 18.0. The van der Waals surface area contributed by atoms with E-state index in [4.69, 9.17) is 0 Å². The van der Waals surface area contributed by atoms with Crippen molar-refractivity contribution in [3.05, 3.63) is 129 Å². The number of Topliss-reactive ketones (excluding diaryl/α,β-unsaturated/α-hetero) is 1. The highest BCUT2D eigenvalue weighted by atomic mass is 32.2. The minimum absolute atomic E-state index is 0.159. The van der Waals surface area contributed by atoms with Gasteiger partial charge in [0.15, 0.2) is 0 Å². The van der Waals surface area contributed by atoms with Crippen molar-refractivity contribution in [1.29, 1.82) is 0 Å². The van der Waals surface area contributed by atoms with Crippen molar-refractivity contribution in [1.82, 2.24) is 19.8 Å². The van der Waals surface area contributed by atoms with E-state index in [0.717, 1.165) is 47.6 Å². The predicted molar refractivity (Wildman–Crippen MR) is 260 cm³/mol. The van der Waals surface area contributed by atoms with E-state index in [1.807, 2.05) is 74.9 Å². The van der Waals surface area contributed by atoms with E-state index < -0.39 is 45.3 Å². The van der Waals surface area contributed by atoms with Crippen molar-refractivity contribution in [3.8, 4) is 22.3 Å². The first-order chi connectivity index (χ1) is 31.5. The first-order valence-electron chi connectivity index (χ1n) is 22.7. The highest BCUT2D eigenvalue weighted by Crippen LogP contribution is 2.56. The zero-order valence-electron chi connectivity index (χ0n) is 37.8. The fourth-order valence-electron chi connectivity index (χ4n) is 9.11. The van der Waals surface area contributed by atoms with Gasteiger partial charge < -0.3 is 9.80 Å². The number of alkyl halides is 6. The molecule has 0 N–H and O–H groups in total. The SMILES string of the molecule is CC(C)C1=CC=C[SH]1c1ccc(-c2ccnc(N3CCN(CCC(=O)CCN4CCN(c5cc(-c6ccc([SH]7C=CC=C7C(C)C)c(C(F)(F)F)c6)ccn5)CC4)CC3)c2)cc1C(F)(F)F. The molecule has 0 saturated carbocycles. The minimum atomic E-state index is -4.48. The molecule has 0 radical (unpaired) electrons. The van der Waals surface area contributed by atoms with E-state index in [0.29, 0.717) is 84.2 Å². The van der Waals surface area contributed by atoms with Crippen molar-refractivity contribution >= 4 is 39.2 Å². The van der Waals surface area contributed by atoms with Gasteiger partial charge in [0.05, 0.1) is 11.1 Å². The van der Waals surface area contributed by atoms with E-state index in [1.165, 1.54) is 12.1 Å². The number of carbonyl (C=O) groups is 1. The highest BCUT2D eigenvalue weighted by Gasteiger charge is 2.37. The van der Waals surface area contributed by atoms with Crippen LogP contribution in [0.2, 0.25) is 0 Å². The Labute approximate surface area is 389 Å². The third-order valence-electron chi connectivity index (χ3n) is 12.8. The zero-order valence-corrected chi connectivity index (χ0v) is 39.6. The molecule has 2 saturated heterocycles. The maximum atomic E-state index is 14.5. The van der Waals surface area contributed by atoms with Crippen LogP contribution >= 0.6 is 21.8 Å². The van der Waals surface area contributed by atoms with Crippen LogP contribution in [0.15, 0.2) is 128 Å². The van der Waals surface area contributed by atoms with Gasteiger partial charge in [-0.05, 0) is 103 Å². The molecule has 352 valence electrons. The second-order valence-electron chi connectivity index (χ2n) is 17.9. The van der Waals surface area contributed by atoms with Gasteiger partial charge in [-0.3, -0.25) is 14.6 Å². The number of ketones is 1. The summed E-state index contributed by atoms with van der Waals surface area (Å²) in [5, 5.41) is 3.81. The summed E-state index contributed by atoms with van der Waals surface area (Å²) in [4.78, 5) is 33.8. The molecular formula is C51H58F6N6OS2. The van der Waals surface area contributed by atoms with Crippen LogP contribution < -0.4 is 9.80 Å². The van der Waals surface area contributed by atoms with Crippen molar-refractivity contribution in [3.63, 3.8) is 0 Å². The van der Waals surface area contributed by atoms with Crippen LogP contribution in [0, 0.1) is 11.8 Å². The molecule has 2 aromatic carbocycles. The fraction of sp³-hybridized carbons (Fsp3) is 0.392. The lowest BCUT2D eigenvalue weighted by molar-refractivity contribution is -0.140. The summed E-state index contributed by atoms with van der Waals surface area (Å²) in [6.07, 6.45) is 2.90. The molecule has 7 nitrogen and oxygen atoms in total. The first kappa shape index (κ1) is 47.7. The Balaban J connectivity index is 0.793. The number of rotatable bonds is 14.